The van der Waals surface area contributed by atoms with Crippen LogP contribution in [0.3, 0.4) is 0 Å². The fourth-order valence-electron chi connectivity index (χ4n) is 2.99. The zero-order valence-corrected chi connectivity index (χ0v) is 12.3. The molecule has 1 fully saturated rings. The van der Waals surface area contributed by atoms with Crippen molar-refractivity contribution in [2.24, 2.45) is 5.92 Å². The minimum atomic E-state index is -0.715. The number of hydrogen-bond acceptors (Lipinski definition) is 1. The molecule has 3 heteroatoms. The van der Waals surface area contributed by atoms with Crippen molar-refractivity contribution >= 4 is 15.9 Å². The highest BCUT2D eigenvalue weighted by atomic mass is 79.9. The monoisotopic (exact) mass is 314 g/mol. The van der Waals surface area contributed by atoms with Crippen molar-refractivity contribution < 1.29 is 9.50 Å². The second-order valence-electron chi connectivity index (χ2n) is 5.51. The van der Waals surface area contributed by atoms with E-state index in [1.807, 2.05) is 6.07 Å². The Hall–Kier alpha value is -0.410. The lowest BCUT2D eigenvalue weighted by atomic mass is 9.74. The lowest BCUT2D eigenvalue weighted by Crippen LogP contribution is -2.37. The van der Waals surface area contributed by atoms with Crippen LogP contribution in [0.25, 0.3) is 0 Å². The van der Waals surface area contributed by atoms with E-state index >= 15 is 0 Å². The van der Waals surface area contributed by atoms with E-state index in [9.17, 15) is 9.50 Å². The molecule has 0 aliphatic heterocycles. The van der Waals surface area contributed by atoms with Gasteiger partial charge in [0.2, 0.25) is 0 Å². The summed E-state index contributed by atoms with van der Waals surface area (Å²) in [6, 6.07) is 5.08. The summed E-state index contributed by atoms with van der Waals surface area (Å²) in [5.74, 6) is 0.360. The van der Waals surface area contributed by atoms with Gasteiger partial charge in [0, 0.05) is 10.9 Å². The minimum Gasteiger partial charge on any atom is -0.390 e. The highest BCUT2D eigenvalue weighted by Crippen LogP contribution is 2.36. The number of hydrogen-bond donors (Lipinski definition) is 1. The van der Waals surface area contributed by atoms with Gasteiger partial charge in [-0.25, -0.2) is 4.39 Å². The molecule has 1 N–H and O–H groups in total. The molecule has 1 nitrogen and oxygen atoms in total. The Kier molecular flexibility index (Phi) is 4.44. The zero-order chi connectivity index (χ0) is 13.2. The first-order valence-corrected chi connectivity index (χ1v) is 7.48. The summed E-state index contributed by atoms with van der Waals surface area (Å²) in [5.41, 5.74) is -0.0920. The molecule has 2 rings (SSSR count). The Morgan fingerprint density at radius 1 is 1.50 bits per heavy atom. The Morgan fingerprint density at radius 3 is 2.94 bits per heavy atom. The molecule has 100 valence electrons. The van der Waals surface area contributed by atoms with E-state index in [1.165, 1.54) is 12.5 Å². The molecule has 0 heterocycles. The van der Waals surface area contributed by atoms with Crippen LogP contribution in [-0.2, 0) is 6.42 Å². The van der Waals surface area contributed by atoms with E-state index in [4.69, 9.17) is 0 Å². The van der Waals surface area contributed by atoms with Crippen molar-refractivity contribution in [3.05, 3.63) is 34.1 Å². The van der Waals surface area contributed by atoms with Crippen LogP contribution in [0.1, 0.15) is 44.6 Å². The summed E-state index contributed by atoms with van der Waals surface area (Å²) in [4.78, 5) is 0. The summed E-state index contributed by atoms with van der Waals surface area (Å²) < 4.78 is 14.6. The highest BCUT2D eigenvalue weighted by molar-refractivity contribution is 9.10. The molecule has 1 aromatic rings. The van der Waals surface area contributed by atoms with Crippen LogP contribution in [0.5, 0.6) is 0 Å². The molecule has 0 radical (unpaired) electrons. The number of aliphatic hydroxyl groups is 1. The van der Waals surface area contributed by atoms with E-state index in [1.54, 1.807) is 6.07 Å². The van der Waals surface area contributed by atoms with Crippen LogP contribution >= 0.6 is 15.9 Å². The van der Waals surface area contributed by atoms with Gasteiger partial charge in [-0.05, 0) is 36.5 Å². The fraction of sp³-hybridized carbons (Fsp3) is 0.600. The predicted molar refractivity (Wildman–Crippen MR) is 75.0 cm³/mol. The number of benzene rings is 1. The van der Waals surface area contributed by atoms with Crippen LogP contribution in [0.15, 0.2) is 22.7 Å². The third-order valence-corrected chi connectivity index (χ3v) is 4.53. The first-order valence-electron chi connectivity index (χ1n) is 6.69. The highest BCUT2D eigenvalue weighted by Gasteiger charge is 2.34. The summed E-state index contributed by atoms with van der Waals surface area (Å²) in [6.07, 6.45) is 5.38. The molecular formula is C15H20BrFO. The van der Waals surface area contributed by atoms with Crippen LogP contribution in [0.4, 0.5) is 4.39 Å². The van der Waals surface area contributed by atoms with Crippen molar-refractivity contribution in [3.8, 4) is 0 Å². The molecule has 0 aromatic heterocycles. The van der Waals surface area contributed by atoms with Crippen molar-refractivity contribution in [1.82, 2.24) is 0 Å². The van der Waals surface area contributed by atoms with Crippen molar-refractivity contribution in [3.63, 3.8) is 0 Å². The maximum Gasteiger partial charge on any atom is 0.127 e. The summed E-state index contributed by atoms with van der Waals surface area (Å²) in [7, 11) is 0. The molecule has 1 saturated carbocycles. The molecule has 2 atom stereocenters. The molecule has 0 saturated heterocycles. The maximum absolute atomic E-state index is 13.8. The second-order valence-corrected chi connectivity index (χ2v) is 6.42. The van der Waals surface area contributed by atoms with Gasteiger partial charge in [0.1, 0.15) is 5.82 Å². The largest absolute Gasteiger partial charge is 0.390 e. The summed E-state index contributed by atoms with van der Waals surface area (Å²) >= 11 is 3.25. The van der Waals surface area contributed by atoms with E-state index in [2.05, 4.69) is 22.9 Å². The zero-order valence-electron chi connectivity index (χ0n) is 10.8. The molecule has 2 unspecified atom stereocenters. The van der Waals surface area contributed by atoms with E-state index < -0.39 is 5.60 Å². The van der Waals surface area contributed by atoms with Crippen molar-refractivity contribution in [2.45, 2.75) is 51.0 Å². The molecule has 1 aliphatic carbocycles. The van der Waals surface area contributed by atoms with Gasteiger partial charge >= 0.3 is 0 Å². The first-order chi connectivity index (χ1) is 8.52. The van der Waals surface area contributed by atoms with Crippen LogP contribution in [0.2, 0.25) is 0 Å². The van der Waals surface area contributed by atoms with Gasteiger partial charge in [-0.1, -0.05) is 48.2 Å². The maximum atomic E-state index is 13.8. The smallest absolute Gasteiger partial charge is 0.127 e. The second kappa shape index (κ2) is 5.70. The van der Waals surface area contributed by atoms with Gasteiger partial charge in [0.15, 0.2) is 0 Å². The molecular weight excluding hydrogens is 295 g/mol. The van der Waals surface area contributed by atoms with Gasteiger partial charge in [-0.15, -0.1) is 0 Å². The number of rotatable bonds is 3. The third kappa shape index (κ3) is 3.33. The Labute approximate surface area is 117 Å². The Balaban J connectivity index is 2.11. The quantitative estimate of drug-likeness (QED) is 0.873. The number of halogens is 2. The molecule has 0 amide bonds. The molecule has 0 spiro atoms. The van der Waals surface area contributed by atoms with Crippen LogP contribution < -0.4 is 0 Å². The molecule has 18 heavy (non-hydrogen) atoms. The molecule has 1 aromatic carbocycles. The predicted octanol–water partition coefficient (Wildman–Crippen LogP) is 4.46. The van der Waals surface area contributed by atoms with Crippen molar-refractivity contribution in [1.29, 1.82) is 0 Å². The van der Waals surface area contributed by atoms with E-state index in [0.717, 1.165) is 30.2 Å². The SMILES string of the molecule is CCC1CCCC(O)(Cc2ccc(Br)cc2F)C1. The normalized spacial score (nSPS) is 28.3. The van der Waals surface area contributed by atoms with E-state index in [0.29, 0.717) is 17.9 Å². The standard InChI is InChI=1S/C15H20BrFO/c1-2-11-4-3-7-15(18,9-11)10-12-5-6-13(16)8-14(12)17/h5-6,8,11,18H,2-4,7,9-10H2,1H3. The van der Waals surface area contributed by atoms with Crippen molar-refractivity contribution in [2.75, 3.05) is 0 Å². The van der Waals surface area contributed by atoms with Gasteiger partial charge in [0.05, 0.1) is 5.60 Å². The van der Waals surface area contributed by atoms with Gasteiger partial charge in [-0.3, -0.25) is 0 Å². The summed E-state index contributed by atoms with van der Waals surface area (Å²) in [5, 5.41) is 10.6. The van der Waals surface area contributed by atoms with Gasteiger partial charge < -0.3 is 5.11 Å². The average molecular weight is 315 g/mol. The fourth-order valence-corrected chi connectivity index (χ4v) is 3.32. The first kappa shape index (κ1) is 14.0. The molecule has 1 aliphatic rings. The lowest BCUT2D eigenvalue weighted by Gasteiger charge is -2.36. The van der Waals surface area contributed by atoms with Crippen LogP contribution in [0, 0.1) is 11.7 Å². The summed E-state index contributed by atoms with van der Waals surface area (Å²) in [6.45, 7) is 2.16. The average Bonchev–Trinajstić information content (AvgIpc) is 2.33. The molecule has 0 bridgehead atoms. The lowest BCUT2D eigenvalue weighted by molar-refractivity contribution is -0.0168. The third-order valence-electron chi connectivity index (χ3n) is 4.04. The topological polar surface area (TPSA) is 20.2 Å². The Morgan fingerprint density at radius 2 is 2.28 bits per heavy atom. The van der Waals surface area contributed by atoms with E-state index in [-0.39, 0.29) is 5.82 Å². The minimum absolute atomic E-state index is 0.226. The van der Waals surface area contributed by atoms with Gasteiger partial charge in [-0.2, -0.15) is 0 Å². The van der Waals surface area contributed by atoms with Gasteiger partial charge in [0.25, 0.3) is 0 Å². The Bertz CT molecular complexity index is 421. The van der Waals surface area contributed by atoms with Crippen LogP contribution in [-0.4, -0.2) is 10.7 Å².